The Morgan fingerprint density at radius 1 is 1.17 bits per heavy atom. The van der Waals surface area contributed by atoms with Gasteiger partial charge in [0.2, 0.25) is 11.8 Å². The maximum absolute atomic E-state index is 12.5. The number of benzene rings is 1. The summed E-state index contributed by atoms with van der Waals surface area (Å²) in [7, 11) is 0. The third-order valence-corrected chi connectivity index (χ3v) is 6.00. The number of aromatic nitrogens is 1. The zero-order valence-electron chi connectivity index (χ0n) is 18.5. The highest BCUT2D eigenvalue weighted by molar-refractivity contribution is 8.01. The van der Waals surface area contributed by atoms with Crippen LogP contribution in [-0.2, 0) is 16.0 Å². The Balaban J connectivity index is 1.86. The number of nitrogens with zero attached hydrogens (tertiary/aromatic N) is 1. The SMILES string of the molecule is CCCCc1ccc(C(NC(=O)CSC(C)C(=O)Nc2cc(C)on2)C(C)C)cc1. The van der Waals surface area contributed by atoms with Crippen molar-refractivity contribution >= 4 is 29.4 Å². The predicted octanol–water partition coefficient (Wildman–Crippen LogP) is 4.90. The number of carbonyl (C=O) groups excluding carboxylic acids is 2. The average molecular weight is 432 g/mol. The third-order valence-electron chi connectivity index (χ3n) is 4.85. The van der Waals surface area contributed by atoms with Gasteiger partial charge in [-0.25, -0.2) is 0 Å². The first-order chi connectivity index (χ1) is 14.3. The van der Waals surface area contributed by atoms with Crippen molar-refractivity contribution in [1.82, 2.24) is 10.5 Å². The number of hydrogen-bond acceptors (Lipinski definition) is 5. The van der Waals surface area contributed by atoms with Crippen LogP contribution in [0.5, 0.6) is 0 Å². The van der Waals surface area contributed by atoms with Crippen molar-refractivity contribution in [2.24, 2.45) is 5.92 Å². The van der Waals surface area contributed by atoms with E-state index in [0.29, 0.717) is 11.6 Å². The maximum Gasteiger partial charge on any atom is 0.238 e. The highest BCUT2D eigenvalue weighted by atomic mass is 32.2. The maximum atomic E-state index is 12.5. The van der Waals surface area contributed by atoms with Gasteiger partial charge in [-0.05, 0) is 43.7 Å². The van der Waals surface area contributed by atoms with Gasteiger partial charge in [-0.15, -0.1) is 11.8 Å². The summed E-state index contributed by atoms with van der Waals surface area (Å²) in [5.74, 6) is 1.20. The lowest BCUT2D eigenvalue weighted by atomic mass is 9.94. The van der Waals surface area contributed by atoms with Crippen molar-refractivity contribution in [2.75, 3.05) is 11.1 Å². The van der Waals surface area contributed by atoms with E-state index in [1.165, 1.54) is 30.2 Å². The van der Waals surface area contributed by atoms with Crippen LogP contribution in [0.15, 0.2) is 34.9 Å². The molecular weight excluding hydrogens is 398 g/mol. The lowest BCUT2D eigenvalue weighted by molar-refractivity contribution is -0.119. The van der Waals surface area contributed by atoms with Crippen LogP contribution in [0.1, 0.15) is 63.5 Å². The minimum absolute atomic E-state index is 0.0550. The Labute approximate surface area is 183 Å². The van der Waals surface area contributed by atoms with Crippen molar-refractivity contribution in [3.63, 3.8) is 0 Å². The Kier molecular flexibility index (Phi) is 9.43. The molecular formula is C23H33N3O3S. The first kappa shape index (κ1) is 24.0. The van der Waals surface area contributed by atoms with E-state index in [2.05, 4.69) is 60.8 Å². The van der Waals surface area contributed by atoms with Crippen LogP contribution < -0.4 is 10.6 Å². The Morgan fingerprint density at radius 3 is 2.43 bits per heavy atom. The molecule has 0 aliphatic rings. The van der Waals surface area contributed by atoms with Gasteiger partial charge in [-0.3, -0.25) is 9.59 Å². The molecule has 0 bridgehead atoms. The van der Waals surface area contributed by atoms with E-state index >= 15 is 0 Å². The summed E-state index contributed by atoms with van der Waals surface area (Å²) in [6, 6.07) is 10.1. The van der Waals surface area contributed by atoms with Gasteiger partial charge in [-0.1, -0.05) is 56.6 Å². The normalized spacial score (nSPS) is 13.1. The standard InChI is InChI=1S/C23H33N3O3S/c1-6-7-8-18-9-11-19(12-10-18)22(15(2)3)25-21(27)14-30-17(5)23(28)24-20-13-16(4)29-26-20/h9-13,15,17,22H,6-8,14H2,1-5H3,(H,25,27)(H,24,26,28). The van der Waals surface area contributed by atoms with Crippen molar-refractivity contribution in [3.8, 4) is 0 Å². The molecule has 1 aromatic carbocycles. The molecule has 2 aromatic rings. The fraction of sp³-hybridized carbons (Fsp3) is 0.522. The molecule has 2 amide bonds. The molecule has 2 rings (SSSR count). The third kappa shape index (κ3) is 7.52. The van der Waals surface area contributed by atoms with Crippen LogP contribution in [0.25, 0.3) is 0 Å². The number of anilines is 1. The van der Waals surface area contributed by atoms with E-state index in [1.54, 1.807) is 19.9 Å². The molecule has 0 radical (unpaired) electrons. The van der Waals surface area contributed by atoms with Crippen LogP contribution in [0.4, 0.5) is 5.82 Å². The summed E-state index contributed by atoms with van der Waals surface area (Å²) in [4.78, 5) is 24.8. The van der Waals surface area contributed by atoms with Crippen molar-refractivity contribution in [3.05, 3.63) is 47.2 Å². The molecule has 0 fully saturated rings. The van der Waals surface area contributed by atoms with Crippen LogP contribution >= 0.6 is 11.8 Å². The molecule has 1 heterocycles. The lowest BCUT2D eigenvalue weighted by Gasteiger charge is -2.23. The van der Waals surface area contributed by atoms with Gasteiger partial charge in [0.1, 0.15) is 5.76 Å². The highest BCUT2D eigenvalue weighted by Crippen LogP contribution is 2.23. The van der Waals surface area contributed by atoms with E-state index < -0.39 is 0 Å². The number of carbonyl (C=O) groups is 2. The zero-order valence-corrected chi connectivity index (χ0v) is 19.3. The monoisotopic (exact) mass is 431 g/mol. The van der Waals surface area contributed by atoms with Gasteiger partial charge >= 0.3 is 0 Å². The number of thioether (sulfide) groups is 1. The number of amides is 2. The number of unbranched alkanes of at least 4 members (excludes halogenated alkanes) is 1. The number of aryl methyl sites for hydroxylation is 2. The second-order valence-corrected chi connectivity index (χ2v) is 9.23. The molecule has 0 saturated heterocycles. The molecule has 7 heteroatoms. The molecule has 0 aliphatic carbocycles. The van der Waals surface area contributed by atoms with Crippen LogP contribution in [-0.4, -0.2) is 28.0 Å². The van der Waals surface area contributed by atoms with Crippen LogP contribution in [0.2, 0.25) is 0 Å². The van der Waals surface area contributed by atoms with Gasteiger partial charge < -0.3 is 15.2 Å². The average Bonchev–Trinajstić information content (AvgIpc) is 3.13. The van der Waals surface area contributed by atoms with E-state index in [1.807, 2.05) is 0 Å². The van der Waals surface area contributed by atoms with Gasteiger partial charge in [0.15, 0.2) is 5.82 Å². The number of hydrogen-bond donors (Lipinski definition) is 2. The van der Waals surface area contributed by atoms with E-state index in [0.717, 1.165) is 12.0 Å². The zero-order chi connectivity index (χ0) is 22.1. The second kappa shape index (κ2) is 11.8. The first-order valence-corrected chi connectivity index (χ1v) is 11.6. The fourth-order valence-corrected chi connectivity index (χ4v) is 3.75. The fourth-order valence-electron chi connectivity index (χ4n) is 3.05. The second-order valence-electron chi connectivity index (χ2n) is 7.90. The number of rotatable bonds is 11. The Morgan fingerprint density at radius 2 is 1.87 bits per heavy atom. The van der Waals surface area contributed by atoms with Crippen molar-refractivity contribution in [2.45, 2.75) is 65.2 Å². The van der Waals surface area contributed by atoms with Crippen molar-refractivity contribution in [1.29, 1.82) is 0 Å². The molecule has 0 spiro atoms. The largest absolute Gasteiger partial charge is 0.360 e. The molecule has 30 heavy (non-hydrogen) atoms. The van der Waals surface area contributed by atoms with Gasteiger partial charge in [0.25, 0.3) is 0 Å². The summed E-state index contributed by atoms with van der Waals surface area (Å²) in [5, 5.41) is 9.19. The van der Waals surface area contributed by atoms with Crippen LogP contribution in [0.3, 0.4) is 0 Å². The summed E-state index contributed by atoms with van der Waals surface area (Å²) in [6.45, 7) is 9.92. The molecule has 6 nitrogen and oxygen atoms in total. The molecule has 0 aliphatic heterocycles. The molecule has 164 valence electrons. The summed E-state index contributed by atoms with van der Waals surface area (Å²) in [6.07, 6.45) is 3.45. The first-order valence-electron chi connectivity index (χ1n) is 10.5. The minimum Gasteiger partial charge on any atom is -0.360 e. The molecule has 0 saturated carbocycles. The lowest BCUT2D eigenvalue weighted by Crippen LogP contribution is -2.34. The highest BCUT2D eigenvalue weighted by Gasteiger charge is 2.21. The Bertz CT molecular complexity index is 817. The number of nitrogens with one attached hydrogen (secondary N) is 2. The topological polar surface area (TPSA) is 84.2 Å². The quantitative estimate of drug-likeness (QED) is 0.529. The predicted molar refractivity (Wildman–Crippen MR) is 123 cm³/mol. The van der Waals surface area contributed by atoms with Gasteiger partial charge in [-0.2, -0.15) is 0 Å². The van der Waals surface area contributed by atoms with Crippen molar-refractivity contribution < 1.29 is 14.1 Å². The summed E-state index contributed by atoms with van der Waals surface area (Å²) in [5.41, 5.74) is 2.43. The Hall–Kier alpha value is -2.28. The van der Waals surface area contributed by atoms with Gasteiger partial charge in [0.05, 0.1) is 17.0 Å². The van der Waals surface area contributed by atoms with Crippen LogP contribution in [0, 0.1) is 12.8 Å². The van der Waals surface area contributed by atoms with E-state index in [-0.39, 0.29) is 34.8 Å². The summed E-state index contributed by atoms with van der Waals surface area (Å²) < 4.78 is 4.94. The van der Waals surface area contributed by atoms with E-state index in [4.69, 9.17) is 4.52 Å². The smallest absolute Gasteiger partial charge is 0.238 e. The minimum atomic E-state index is -0.386. The van der Waals surface area contributed by atoms with E-state index in [9.17, 15) is 9.59 Å². The molecule has 2 atom stereocenters. The molecule has 1 aromatic heterocycles. The molecule has 2 unspecified atom stereocenters. The summed E-state index contributed by atoms with van der Waals surface area (Å²) >= 11 is 1.30. The van der Waals surface area contributed by atoms with Gasteiger partial charge in [0, 0.05) is 6.07 Å². The molecule has 2 N–H and O–H groups in total.